The maximum atomic E-state index is 11.4. The van der Waals surface area contributed by atoms with Crippen LogP contribution >= 0.6 is 0 Å². The zero-order valence-corrected chi connectivity index (χ0v) is 8.89. The van der Waals surface area contributed by atoms with E-state index < -0.39 is 6.10 Å². The van der Waals surface area contributed by atoms with Crippen LogP contribution in [0.5, 0.6) is 0 Å². The molecule has 88 valence electrons. The summed E-state index contributed by atoms with van der Waals surface area (Å²) in [4.78, 5) is 11.4. The highest BCUT2D eigenvalue weighted by Gasteiger charge is 2.04. The normalized spacial score (nSPS) is 12.1. The van der Waals surface area contributed by atoms with Crippen LogP contribution in [0.15, 0.2) is 30.3 Å². The van der Waals surface area contributed by atoms with Crippen molar-refractivity contribution in [3.05, 3.63) is 30.3 Å². The van der Waals surface area contributed by atoms with Gasteiger partial charge in [-0.3, -0.25) is 4.79 Å². The van der Waals surface area contributed by atoms with Crippen molar-refractivity contribution >= 4 is 11.6 Å². The monoisotopic (exact) mass is 224 g/mol. The van der Waals surface area contributed by atoms with Crippen LogP contribution in [0.25, 0.3) is 0 Å². The molecule has 0 radical (unpaired) electrons. The molecule has 0 aromatic heterocycles. The molecule has 0 bridgehead atoms. The minimum absolute atomic E-state index is 0.103. The summed E-state index contributed by atoms with van der Waals surface area (Å²) >= 11 is 0. The molecule has 5 heteroatoms. The van der Waals surface area contributed by atoms with Gasteiger partial charge < -0.3 is 20.8 Å². The number of aliphatic hydroxyl groups excluding tert-OH is 2. The SMILES string of the molecule is O=C(CNCC(O)CO)Nc1ccccc1. The van der Waals surface area contributed by atoms with Crippen LogP contribution in [0.3, 0.4) is 0 Å². The molecule has 0 aliphatic rings. The maximum Gasteiger partial charge on any atom is 0.238 e. The Balaban J connectivity index is 2.21. The average Bonchev–Trinajstić information content (AvgIpc) is 2.30. The van der Waals surface area contributed by atoms with Gasteiger partial charge in [0.05, 0.1) is 19.3 Å². The van der Waals surface area contributed by atoms with E-state index in [0.717, 1.165) is 5.69 Å². The van der Waals surface area contributed by atoms with E-state index >= 15 is 0 Å². The smallest absolute Gasteiger partial charge is 0.238 e. The zero-order valence-electron chi connectivity index (χ0n) is 8.89. The lowest BCUT2D eigenvalue weighted by molar-refractivity contribution is -0.115. The number of hydrogen-bond donors (Lipinski definition) is 4. The quantitative estimate of drug-likeness (QED) is 0.528. The number of anilines is 1. The van der Waals surface area contributed by atoms with Gasteiger partial charge in [-0.25, -0.2) is 0 Å². The van der Waals surface area contributed by atoms with E-state index in [1.165, 1.54) is 0 Å². The number of hydrogen-bond acceptors (Lipinski definition) is 4. The minimum Gasteiger partial charge on any atom is -0.394 e. The predicted molar refractivity (Wildman–Crippen MR) is 61.0 cm³/mol. The zero-order chi connectivity index (χ0) is 11.8. The van der Waals surface area contributed by atoms with E-state index in [0.29, 0.717) is 0 Å². The second-order valence-corrected chi connectivity index (χ2v) is 3.38. The first kappa shape index (κ1) is 12.6. The number of carbonyl (C=O) groups is 1. The number of nitrogens with one attached hydrogen (secondary N) is 2. The summed E-state index contributed by atoms with van der Waals surface area (Å²) in [6.07, 6.45) is -0.829. The number of amides is 1. The Labute approximate surface area is 94.1 Å². The van der Waals surface area contributed by atoms with Gasteiger partial charge in [-0.2, -0.15) is 0 Å². The van der Waals surface area contributed by atoms with Crippen LogP contribution in [0.2, 0.25) is 0 Å². The molecule has 0 fully saturated rings. The molecule has 0 saturated carbocycles. The molecule has 0 spiro atoms. The van der Waals surface area contributed by atoms with Gasteiger partial charge in [-0.1, -0.05) is 18.2 Å². The Morgan fingerprint density at radius 1 is 1.31 bits per heavy atom. The fraction of sp³-hybridized carbons (Fsp3) is 0.364. The summed E-state index contributed by atoms with van der Waals surface area (Å²) in [6.45, 7) is -0.0159. The third-order valence-corrected chi connectivity index (χ3v) is 1.93. The summed E-state index contributed by atoms with van der Waals surface area (Å²) in [7, 11) is 0. The fourth-order valence-corrected chi connectivity index (χ4v) is 1.14. The van der Waals surface area contributed by atoms with Crippen molar-refractivity contribution in [3.8, 4) is 0 Å². The lowest BCUT2D eigenvalue weighted by Gasteiger charge is -2.09. The average molecular weight is 224 g/mol. The van der Waals surface area contributed by atoms with E-state index in [1.54, 1.807) is 12.1 Å². The number of rotatable bonds is 6. The van der Waals surface area contributed by atoms with Gasteiger partial charge >= 0.3 is 0 Å². The second kappa shape index (κ2) is 6.95. The van der Waals surface area contributed by atoms with E-state index in [1.807, 2.05) is 18.2 Å². The lowest BCUT2D eigenvalue weighted by Crippen LogP contribution is -2.35. The first-order valence-corrected chi connectivity index (χ1v) is 5.07. The molecule has 5 nitrogen and oxygen atoms in total. The van der Waals surface area contributed by atoms with E-state index in [-0.39, 0.29) is 25.6 Å². The van der Waals surface area contributed by atoms with Crippen molar-refractivity contribution in [1.82, 2.24) is 5.32 Å². The molecule has 0 aliphatic heterocycles. The van der Waals surface area contributed by atoms with E-state index in [2.05, 4.69) is 10.6 Å². The third-order valence-electron chi connectivity index (χ3n) is 1.93. The summed E-state index contributed by atoms with van der Waals surface area (Å²) in [6, 6.07) is 9.11. The number of benzene rings is 1. The van der Waals surface area contributed by atoms with E-state index in [9.17, 15) is 4.79 Å². The molecule has 1 atom stereocenters. The fourth-order valence-electron chi connectivity index (χ4n) is 1.14. The van der Waals surface area contributed by atoms with Gasteiger partial charge in [-0.15, -0.1) is 0 Å². The van der Waals surface area contributed by atoms with Crippen molar-refractivity contribution in [2.24, 2.45) is 0 Å². The van der Waals surface area contributed by atoms with Crippen LogP contribution in [0.1, 0.15) is 0 Å². The topological polar surface area (TPSA) is 81.6 Å². The first-order valence-electron chi connectivity index (χ1n) is 5.07. The molecule has 0 heterocycles. The highest BCUT2D eigenvalue weighted by atomic mass is 16.3. The lowest BCUT2D eigenvalue weighted by atomic mass is 10.3. The summed E-state index contributed by atoms with van der Waals surface area (Å²) in [5.41, 5.74) is 0.733. The maximum absolute atomic E-state index is 11.4. The molecule has 1 rings (SSSR count). The summed E-state index contributed by atoms with van der Waals surface area (Å²) in [5, 5.41) is 23.0. The molecule has 0 aliphatic carbocycles. The Hall–Kier alpha value is -1.43. The van der Waals surface area contributed by atoms with Gasteiger partial charge in [0.1, 0.15) is 0 Å². The largest absolute Gasteiger partial charge is 0.394 e. The molecule has 0 saturated heterocycles. The van der Waals surface area contributed by atoms with Crippen molar-refractivity contribution in [1.29, 1.82) is 0 Å². The molecule has 16 heavy (non-hydrogen) atoms. The molecule has 1 aromatic carbocycles. The van der Waals surface area contributed by atoms with Crippen molar-refractivity contribution in [3.63, 3.8) is 0 Å². The predicted octanol–water partition coefficient (Wildman–Crippen LogP) is -0.432. The van der Waals surface area contributed by atoms with Crippen LogP contribution in [-0.4, -0.2) is 41.9 Å². The Bertz CT molecular complexity index is 316. The van der Waals surface area contributed by atoms with Crippen molar-refractivity contribution in [2.75, 3.05) is 25.0 Å². The highest BCUT2D eigenvalue weighted by Crippen LogP contribution is 2.03. The van der Waals surface area contributed by atoms with Crippen molar-refractivity contribution in [2.45, 2.75) is 6.10 Å². The molecule has 4 N–H and O–H groups in total. The van der Waals surface area contributed by atoms with Gasteiger partial charge in [0.15, 0.2) is 0 Å². The number of carbonyl (C=O) groups excluding carboxylic acids is 1. The Kier molecular flexibility index (Phi) is 5.49. The van der Waals surface area contributed by atoms with Gasteiger partial charge in [0, 0.05) is 12.2 Å². The van der Waals surface area contributed by atoms with Crippen LogP contribution in [0, 0.1) is 0 Å². The standard InChI is InChI=1S/C11H16N2O3/c14-8-10(15)6-12-7-11(16)13-9-4-2-1-3-5-9/h1-5,10,12,14-15H,6-8H2,(H,13,16). The second-order valence-electron chi connectivity index (χ2n) is 3.38. The Morgan fingerprint density at radius 2 is 2.00 bits per heavy atom. The molecule has 1 aromatic rings. The number of aliphatic hydroxyl groups is 2. The first-order chi connectivity index (χ1) is 7.72. The molecular weight excluding hydrogens is 208 g/mol. The van der Waals surface area contributed by atoms with Crippen LogP contribution in [-0.2, 0) is 4.79 Å². The van der Waals surface area contributed by atoms with Gasteiger partial charge in [0.2, 0.25) is 5.91 Å². The third kappa shape index (κ3) is 4.88. The number of para-hydroxylation sites is 1. The van der Waals surface area contributed by atoms with Crippen molar-refractivity contribution < 1.29 is 15.0 Å². The Morgan fingerprint density at radius 3 is 2.62 bits per heavy atom. The highest BCUT2D eigenvalue weighted by molar-refractivity contribution is 5.92. The minimum atomic E-state index is -0.829. The summed E-state index contributed by atoms with van der Waals surface area (Å²) < 4.78 is 0. The summed E-state index contributed by atoms with van der Waals surface area (Å²) in [5.74, 6) is -0.184. The molecule has 1 amide bonds. The van der Waals surface area contributed by atoms with Gasteiger partial charge in [-0.05, 0) is 12.1 Å². The molecule has 1 unspecified atom stereocenters. The van der Waals surface area contributed by atoms with Crippen LogP contribution < -0.4 is 10.6 Å². The van der Waals surface area contributed by atoms with Crippen LogP contribution in [0.4, 0.5) is 5.69 Å². The molecular formula is C11H16N2O3. The van der Waals surface area contributed by atoms with Gasteiger partial charge in [0.25, 0.3) is 0 Å². The van der Waals surface area contributed by atoms with E-state index in [4.69, 9.17) is 10.2 Å².